The van der Waals surface area contributed by atoms with Gasteiger partial charge in [-0.2, -0.15) is 0 Å². The molecule has 0 spiro atoms. The molecular formula is C13H7BrClF2NO. The van der Waals surface area contributed by atoms with Crippen molar-refractivity contribution in [3.05, 3.63) is 62.6 Å². The van der Waals surface area contributed by atoms with E-state index in [1.807, 2.05) is 0 Å². The predicted octanol–water partition coefficient (Wildman–Crippen LogP) is 4.19. The minimum Gasteiger partial charge on any atom is -0.398 e. The van der Waals surface area contributed by atoms with E-state index in [1.54, 1.807) is 0 Å². The largest absolute Gasteiger partial charge is 0.398 e. The monoisotopic (exact) mass is 345 g/mol. The standard InChI is InChI=1S/C13H7BrClF2NO/c14-8-3-4-9(16)11(12(8)17)13(19)7-2-1-6(15)5-10(7)18/h1-5H,18H2. The van der Waals surface area contributed by atoms with Crippen LogP contribution < -0.4 is 5.73 Å². The number of carbonyl (C=O) groups excluding carboxylic acids is 1. The van der Waals surface area contributed by atoms with Gasteiger partial charge in [-0.1, -0.05) is 11.6 Å². The fourth-order valence-corrected chi connectivity index (χ4v) is 2.12. The first-order valence-corrected chi connectivity index (χ1v) is 6.32. The van der Waals surface area contributed by atoms with Crippen LogP contribution in [0.15, 0.2) is 34.8 Å². The van der Waals surface area contributed by atoms with E-state index in [0.29, 0.717) is 5.02 Å². The lowest BCUT2D eigenvalue weighted by atomic mass is 10.0. The van der Waals surface area contributed by atoms with E-state index < -0.39 is 23.0 Å². The molecule has 0 amide bonds. The van der Waals surface area contributed by atoms with Gasteiger partial charge in [-0.05, 0) is 46.3 Å². The molecule has 0 bridgehead atoms. The lowest BCUT2D eigenvalue weighted by Crippen LogP contribution is -2.10. The van der Waals surface area contributed by atoms with E-state index >= 15 is 0 Å². The van der Waals surface area contributed by atoms with Crippen LogP contribution in [-0.4, -0.2) is 5.78 Å². The smallest absolute Gasteiger partial charge is 0.201 e. The summed E-state index contributed by atoms with van der Waals surface area (Å²) < 4.78 is 27.5. The van der Waals surface area contributed by atoms with Crippen molar-refractivity contribution in [3.63, 3.8) is 0 Å². The quantitative estimate of drug-likeness (QED) is 0.503. The predicted molar refractivity (Wildman–Crippen MR) is 73.4 cm³/mol. The van der Waals surface area contributed by atoms with E-state index in [0.717, 1.165) is 6.07 Å². The van der Waals surface area contributed by atoms with Gasteiger partial charge in [-0.25, -0.2) is 8.78 Å². The summed E-state index contributed by atoms with van der Waals surface area (Å²) in [5.41, 5.74) is 5.05. The van der Waals surface area contributed by atoms with E-state index in [4.69, 9.17) is 17.3 Å². The summed E-state index contributed by atoms with van der Waals surface area (Å²) in [6.45, 7) is 0. The van der Waals surface area contributed by atoms with Gasteiger partial charge < -0.3 is 5.73 Å². The molecule has 0 saturated heterocycles. The third kappa shape index (κ3) is 2.62. The highest BCUT2D eigenvalue weighted by molar-refractivity contribution is 9.10. The average molecular weight is 347 g/mol. The SMILES string of the molecule is Nc1cc(Cl)ccc1C(=O)c1c(F)ccc(Br)c1F. The Hall–Kier alpha value is -1.46. The number of benzene rings is 2. The fourth-order valence-electron chi connectivity index (χ4n) is 1.61. The summed E-state index contributed by atoms with van der Waals surface area (Å²) in [6, 6.07) is 6.31. The minimum absolute atomic E-state index is 0.000278. The summed E-state index contributed by atoms with van der Waals surface area (Å²) in [4.78, 5) is 12.1. The van der Waals surface area contributed by atoms with Crippen LogP contribution in [0.4, 0.5) is 14.5 Å². The van der Waals surface area contributed by atoms with E-state index in [1.165, 1.54) is 24.3 Å². The molecule has 19 heavy (non-hydrogen) atoms. The highest BCUT2D eigenvalue weighted by Crippen LogP contribution is 2.27. The van der Waals surface area contributed by atoms with Crippen LogP contribution in [0, 0.1) is 11.6 Å². The zero-order chi connectivity index (χ0) is 14.2. The average Bonchev–Trinajstić information content (AvgIpc) is 2.34. The summed E-state index contributed by atoms with van der Waals surface area (Å²) in [6.07, 6.45) is 0. The number of ketones is 1. The molecule has 0 aromatic heterocycles. The van der Waals surface area contributed by atoms with Crippen molar-refractivity contribution in [2.24, 2.45) is 0 Å². The number of anilines is 1. The van der Waals surface area contributed by atoms with E-state index in [9.17, 15) is 13.6 Å². The van der Waals surface area contributed by atoms with Crippen LogP contribution in [0.2, 0.25) is 5.02 Å². The number of hydrogen-bond donors (Lipinski definition) is 1. The second-order valence-corrected chi connectivity index (χ2v) is 5.07. The zero-order valence-corrected chi connectivity index (χ0v) is 11.7. The van der Waals surface area contributed by atoms with Gasteiger partial charge in [-0.15, -0.1) is 0 Å². The van der Waals surface area contributed by atoms with Gasteiger partial charge in [0.25, 0.3) is 0 Å². The molecule has 0 aliphatic heterocycles. The maximum absolute atomic E-state index is 13.8. The van der Waals surface area contributed by atoms with Crippen LogP contribution in [0.5, 0.6) is 0 Å². The van der Waals surface area contributed by atoms with Gasteiger partial charge >= 0.3 is 0 Å². The number of nitrogens with two attached hydrogens (primary N) is 1. The second kappa shape index (κ2) is 5.27. The highest BCUT2D eigenvalue weighted by atomic mass is 79.9. The Morgan fingerprint density at radius 1 is 1.21 bits per heavy atom. The number of halogens is 4. The van der Waals surface area contributed by atoms with Crippen LogP contribution >= 0.6 is 27.5 Å². The van der Waals surface area contributed by atoms with Crippen molar-refractivity contribution in [3.8, 4) is 0 Å². The highest BCUT2D eigenvalue weighted by Gasteiger charge is 2.22. The number of hydrogen-bond acceptors (Lipinski definition) is 2. The third-order valence-electron chi connectivity index (χ3n) is 2.53. The maximum Gasteiger partial charge on any atom is 0.201 e. The molecule has 0 atom stereocenters. The Labute approximate surface area is 121 Å². The minimum atomic E-state index is -0.959. The zero-order valence-electron chi connectivity index (χ0n) is 9.38. The molecule has 2 N–H and O–H groups in total. The van der Waals surface area contributed by atoms with Gasteiger partial charge in [0.05, 0.1) is 10.0 Å². The number of nitrogen functional groups attached to an aromatic ring is 1. The Morgan fingerprint density at radius 2 is 1.89 bits per heavy atom. The lowest BCUT2D eigenvalue weighted by Gasteiger charge is -2.08. The molecule has 0 aliphatic rings. The molecule has 2 aromatic rings. The fraction of sp³-hybridized carbons (Fsp3) is 0. The molecule has 0 saturated carbocycles. The van der Waals surface area contributed by atoms with Gasteiger partial charge in [0.15, 0.2) is 5.82 Å². The normalized spacial score (nSPS) is 10.5. The first kappa shape index (κ1) is 14.0. The Kier molecular flexibility index (Phi) is 3.87. The lowest BCUT2D eigenvalue weighted by molar-refractivity contribution is 0.103. The topological polar surface area (TPSA) is 43.1 Å². The first-order chi connectivity index (χ1) is 8.91. The number of rotatable bonds is 2. The maximum atomic E-state index is 13.8. The Balaban J connectivity index is 2.59. The summed E-state index contributed by atoms with van der Waals surface area (Å²) in [5.74, 6) is -2.73. The molecule has 0 fully saturated rings. The van der Waals surface area contributed by atoms with Crippen LogP contribution in [0.1, 0.15) is 15.9 Å². The first-order valence-electron chi connectivity index (χ1n) is 5.15. The van der Waals surface area contributed by atoms with E-state index in [-0.39, 0.29) is 15.7 Å². The molecule has 0 radical (unpaired) electrons. The molecule has 0 heterocycles. The van der Waals surface area contributed by atoms with Crippen LogP contribution in [0.25, 0.3) is 0 Å². The van der Waals surface area contributed by atoms with Gasteiger partial charge in [0, 0.05) is 16.3 Å². The van der Waals surface area contributed by atoms with E-state index in [2.05, 4.69) is 15.9 Å². The van der Waals surface area contributed by atoms with Crippen molar-refractivity contribution in [2.75, 3.05) is 5.73 Å². The van der Waals surface area contributed by atoms with Crippen LogP contribution in [0.3, 0.4) is 0 Å². The van der Waals surface area contributed by atoms with Crippen LogP contribution in [-0.2, 0) is 0 Å². The van der Waals surface area contributed by atoms with Gasteiger partial charge in [-0.3, -0.25) is 4.79 Å². The Bertz CT molecular complexity index is 676. The summed E-state index contributed by atoms with van der Waals surface area (Å²) in [5, 5.41) is 0.337. The molecule has 98 valence electrons. The van der Waals surface area contributed by atoms with Crippen molar-refractivity contribution in [1.82, 2.24) is 0 Å². The number of carbonyl (C=O) groups is 1. The molecular weight excluding hydrogens is 340 g/mol. The van der Waals surface area contributed by atoms with Crippen molar-refractivity contribution >= 4 is 39.0 Å². The van der Waals surface area contributed by atoms with Crippen molar-refractivity contribution in [1.29, 1.82) is 0 Å². The van der Waals surface area contributed by atoms with Gasteiger partial charge in [0.2, 0.25) is 5.78 Å². The molecule has 6 heteroatoms. The summed E-state index contributed by atoms with van der Waals surface area (Å²) >= 11 is 8.61. The summed E-state index contributed by atoms with van der Waals surface area (Å²) in [7, 11) is 0. The van der Waals surface area contributed by atoms with Crippen molar-refractivity contribution < 1.29 is 13.6 Å². The molecule has 2 nitrogen and oxygen atoms in total. The molecule has 2 aromatic carbocycles. The molecule has 0 unspecified atom stereocenters. The molecule has 2 rings (SSSR count). The van der Waals surface area contributed by atoms with Crippen molar-refractivity contribution in [2.45, 2.75) is 0 Å². The third-order valence-corrected chi connectivity index (χ3v) is 3.38. The molecule has 0 aliphatic carbocycles. The second-order valence-electron chi connectivity index (χ2n) is 3.78. The Morgan fingerprint density at radius 3 is 2.53 bits per heavy atom. The van der Waals surface area contributed by atoms with Gasteiger partial charge in [0.1, 0.15) is 5.82 Å².